The first-order valence-corrected chi connectivity index (χ1v) is 5.54. The number of carbonyl (C=O) groups excluding carboxylic acids is 1. The molecule has 0 N–H and O–H groups in total. The summed E-state index contributed by atoms with van der Waals surface area (Å²) in [4.78, 5) is 15.6. The first-order chi connectivity index (χ1) is 8.84. The molecular weight excluding hydrogens is 226 g/mol. The van der Waals surface area contributed by atoms with Crippen LogP contribution in [0, 0.1) is 0 Å². The summed E-state index contributed by atoms with van der Waals surface area (Å²) in [5.74, 6) is -0.337. The highest BCUT2D eigenvalue weighted by atomic mass is 16.1. The Bertz CT molecular complexity index is 748. The van der Waals surface area contributed by atoms with E-state index in [4.69, 9.17) is 0 Å². The van der Waals surface area contributed by atoms with Crippen molar-refractivity contribution in [3.8, 4) is 0 Å². The summed E-state index contributed by atoms with van der Waals surface area (Å²) in [5.41, 5.74) is 1.01. The van der Waals surface area contributed by atoms with Crippen LogP contribution in [0.1, 0.15) is 0 Å². The van der Waals surface area contributed by atoms with E-state index in [2.05, 4.69) is 15.2 Å². The van der Waals surface area contributed by atoms with Crippen LogP contribution in [-0.2, 0) is 4.79 Å². The number of nitrogens with zero attached hydrogens (tertiary/aromatic N) is 3. The fourth-order valence-corrected chi connectivity index (χ4v) is 1.75. The number of azo groups is 1. The zero-order valence-electron chi connectivity index (χ0n) is 9.45. The number of hydrogen-bond acceptors (Lipinski definition) is 3. The van der Waals surface area contributed by atoms with Crippen molar-refractivity contribution in [1.82, 2.24) is 0 Å². The SMILES string of the molecule is O=C1N=c2ccccc2=C1/N=N/c1ccccc1. The number of rotatable bonds is 2. The Hall–Kier alpha value is -2.62. The van der Waals surface area contributed by atoms with Gasteiger partial charge in [-0.1, -0.05) is 36.4 Å². The molecule has 1 aliphatic heterocycles. The lowest BCUT2D eigenvalue weighted by Gasteiger charge is -1.91. The van der Waals surface area contributed by atoms with Crippen molar-refractivity contribution in [3.63, 3.8) is 0 Å². The van der Waals surface area contributed by atoms with Gasteiger partial charge in [0.2, 0.25) is 0 Å². The lowest BCUT2D eigenvalue weighted by molar-refractivity contribution is -0.112. The molecule has 0 saturated heterocycles. The molecular formula is C14H9N3O. The van der Waals surface area contributed by atoms with Crippen molar-refractivity contribution in [2.75, 3.05) is 0 Å². The van der Waals surface area contributed by atoms with Crippen molar-refractivity contribution in [2.45, 2.75) is 0 Å². The van der Waals surface area contributed by atoms with Crippen molar-refractivity contribution >= 4 is 17.3 Å². The molecule has 0 spiro atoms. The zero-order chi connectivity index (χ0) is 12.4. The zero-order valence-corrected chi connectivity index (χ0v) is 9.45. The average molecular weight is 235 g/mol. The minimum absolute atomic E-state index is 0.300. The number of benzene rings is 2. The lowest BCUT2D eigenvalue weighted by Crippen LogP contribution is -2.21. The van der Waals surface area contributed by atoms with E-state index in [1.54, 1.807) is 6.07 Å². The Kier molecular flexibility index (Phi) is 2.53. The van der Waals surface area contributed by atoms with Gasteiger partial charge >= 0.3 is 0 Å². The third kappa shape index (κ3) is 1.84. The van der Waals surface area contributed by atoms with Crippen molar-refractivity contribution in [1.29, 1.82) is 0 Å². The quantitative estimate of drug-likeness (QED) is 0.731. The van der Waals surface area contributed by atoms with Gasteiger partial charge in [-0.2, -0.15) is 5.11 Å². The number of carbonyl (C=O) groups is 1. The molecule has 18 heavy (non-hydrogen) atoms. The third-order valence-corrected chi connectivity index (χ3v) is 2.61. The molecule has 2 aromatic rings. The van der Waals surface area contributed by atoms with E-state index in [1.807, 2.05) is 48.5 Å². The highest BCUT2D eigenvalue weighted by molar-refractivity contribution is 6.14. The van der Waals surface area contributed by atoms with Gasteiger partial charge < -0.3 is 0 Å². The van der Waals surface area contributed by atoms with Crippen LogP contribution in [0.15, 0.2) is 69.8 Å². The van der Waals surface area contributed by atoms with Gasteiger partial charge in [0.25, 0.3) is 5.91 Å². The van der Waals surface area contributed by atoms with E-state index in [-0.39, 0.29) is 5.91 Å². The van der Waals surface area contributed by atoms with E-state index in [9.17, 15) is 4.79 Å². The highest BCUT2D eigenvalue weighted by Gasteiger charge is 2.15. The van der Waals surface area contributed by atoms with Gasteiger partial charge in [-0.15, -0.1) is 5.11 Å². The standard InChI is InChI=1S/C14H9N3O/c18-14-13(11-8-4-5-9-12(11)15-14)17-16-10-6-2-1-3-7-10/h1-9H/b17-16+. The summed E-state index contributed by atoms with van der Waals surface area (Å²) in [7, 11) is 0. The molecule has 0 aliphatic carbocycles. The van der Waals surface area contributed by atoms with Crippen LogP contribution in [0.4, 0.5) is 5.69 Å². The van der Waals surface area contributed by atoms with Crippen LogP contribution in [0.3, 0.4) is 0 Å². The first kappa shape index (κ1) is 10.5. The lowest BCUT2D eigenvalue weighted by atomic mass is 10.2. The monoisotopic (exact) mass is 235 g/mol. The van der Waals surface area contributed by atoms with Gasteiger partial charge in [0, 0.05) is 5.22 Å². The van der Waals surface area contributed by atoms with Crippen LogP contribution in [0.2, 0.25) is 0 Å². The minimum atomic E-state index is -0.337. The maximum atomic E-state index is 11.7. The Balaban J connectivity index is 2.07. The molecule has 2 aromatic carbocycles. The Morgan fingerprint density at radius 3 is 2.39 bits per heavy atom. The van der Waals surface area contributed by atoms with Gasteiger partial charge in [0.1, 0.15) is 0 Å². The molecule has 0 radical (unpaired) electrons. The summed E-state index contributed by atoms with van der Waals surface area (Å²) in [5, 5.41) is 9.45. The summed E-state index contributed by atoms with van der Waals surface area (Å²) in [6.07, 6.45) is 0. The Morgan fingerprint density at radius 2 is 1.56 bits per heavy atom. The second-order valence-electron chi connectivity index (χ2n) is 3.82. The first-order valence-electron chi connectivity index (χ1n) is 5.54. The topological polar surface area (TPSA) is 54.1 Å². The van der Waals surface area contributed by atoms with Gasteiger partial charge in [-0.25, -0.2) is 4.99 Å². The van der Waals surface area contributed by atoms with Crippen molar-refractivity contribution in [2.24, 2.45) is 15.2 Å². The summed E-state index contributed by atoms with van der Waals surface area (Å²) in [6.45, 7) is 0. The molecule has 0 saturated carbocycles. The third-order valence-electron chi connectivity index (χ3n) is 2.61. The molecule has 86 valence electrons. The minimum Gasteiger partial charge on any atom is -0.265 e. The van der Waals surface area contributed by atoms with Gasteiger partial charge in [-0.3, -0.25) is 4.79 Å². The molecule has 0 bridgehead atoms. The Morgan fingerprint density at radius 1 is 0.833 bits per heavy atom. The molecule has 3 rings (SSSR count). The van der Waals surface area contributed by atoms with Crippen LogP contribution in [0.5, 0.6) is 0 Å². The van der Waals surface area contributed by atoms with Crippen molar-refractivity contribution in [3.05, 3.63) is 65.2 Å². The summed E-state index contributed by atoms with van der Waals surface area (Å²) in [6, 6.07) is 16.6. The number of fused-ring (bicyclic) bond motifs is 1. The molecule has 0 fully saturated rings. The average Bonchev–Trinajstić information content (AvgIpc) is 2.73. The molecule has 1 aliphatic rings. The summed E-state index contributed by atoms with van der Waals surface area (Å²) >= 11 is 0. The second kappa shape index (κ2) is 4.33. The fourth-order valence-electron chi connectivity index (χ4n) is 1.75. The van der Waals surface area contributed by atoms with Gasteiger partial charge in [-0.05, 0) is 18.2 Å². The van der Waals surface area contributed by atoms with Crippen LogP contribution in [-0.4, -0.2) is 5.91 Å². The van der Waals surface area contributed by atoms with E-state index in [0.29, 0.717) is 16.7 Å². The summed E-state index contributed by atoms with van der Waals surface area (Å²) < 4.78 is 0. The number of amides is 1. The smallest absolute Gasteiger partial charge is 0.265 e. The Labute approximate surface area is 103 Å². The van der Waals surface area contributed by atoms with E-state index >= 15 is 0 Å². The molecule has 1 amide bonds. The molecule has 0 unspecified atom stereocenters. The molecule has 4 heteroatoms. The number of hydrogen-bond donors (Lipinski definition) is 0. The van der Waals surface area contributed by atoms with E-state index in [1.165, 1.54) is 0 Å². The maximum absolute atomic E-state index is 11.7. The van der Waals surface area contributed by atoms with Gasteiger partial charge in [0.05, 0.1) is 11.0 Å². The van der Waals surface area contributed by atoms with E-state index < -0.39 is 0 Å². The molecule has 0 atom stereocenters. The largest absolute Gasteiger partial charge is 0.298 e. The van der Waals surface area contributed by atoms with Crippen molar-refractivity contribution < 1.29 is 4.79 Å². The number of para-hydroxylation sites is 1. The maximum Gasteiger partial charge on any atom is 0.298 e. The second-order valence-corrected chi connectivity index (χ2v) is 3.82. The normalized spacial score (nSPS) is 13.8. The predicted molar refractivity (Wildman–Crippen MR) is 66.6 cm³/mol. The molecule has 4 nitrogen and oxygen atoms in total. The van der Waals surface area contributed by atoms with Crippen LogP contribution >= 0.6 is 0 Å². The molecule has 0 aromatic heterocycles. The van der Waals surface area contributed by atoms with Crippen LogP contribution in [0.25, 0.3) is 5.70 Å². The fraction of sp³-hybridized carbons (Fsp3) is 0. The predicted octanol–water partition coefficient (Wildman–Crippen LogP) is 1.74. The van der Waals surface area contributed by atoms with Gasteiger partial charge in [0.15, 0.2) is 5.70 Å². The van der Waals surface area contributed by atoms with Crippen LogP contribution < -0.4 is 10.6 Å². The molecule has 1 heterocycles. The highest BCUT2D eigenvalue weighted by Crippen LogP contribution is 2.13. The van der Waals surface area contributed by atoms with E-state index in [0.717, 1.165) is 5.22 Å².